The number of aromatic nitrogens is 1. The molecule has 2 N–H and O–H groups in total. The van der Waals surface area contributed by atoms with Crippen LogP contribution in [0.2, 0.25) is 0 Å². The molecule has 2 aromatic rings. The highest BCUT2D eigenvalue weighted by atomic mass is 79.9. The van der Waals surface area contributed by atoms with E-state index < -0.39 is 0 Å². The molecule has 0 aliphatic rings. The van der Waals surface area contributed by atoms with E-state index in [2.05, 4.69) is 38.4 Å². The lowest BCUT2D eigenvalue weighted by molar-refractivity contribution is -0.686. The largest absolute Gasteiger partial charge is 0.493 e. The van der Waals surface area contributed by atoms with Gasteiger partial charge in [-0.15, -0.1) is 0 Å². The van der Waals surface area contributed by atoms with Crippen molar-refractivity contribution < 1.29 is 14.8 Å². The molecule has 0 saturated heterocycles. The van der Waals surface area contributed by atoms with Gasteiger partial charge < -0.3 is 14.8 Å². The van der Waals surface area contributed by atoms with Gasteiger partial charge in [0.25, 0.3) is 0 Å². The molecule has 106 valence electrons. The minimum absolute atomic E-state index is 0.725. The summed E-state index contributed by atoms with van der Waals surface area (Å²) < 4.78 is 11.6. The second-order valence-electron chi connectivity index (χ2n) is 4.37. The zero-order chi connectivity index (χ0) is 14.4. The van der Waals surface area contributed by atoms with E-state index >= 15 is 0 Å². The molecule has 2 rings (SSSR count). The number of quaternary nitrogens is 1. The smallest absolute Gasteiger partial charge is 0.174 e. The third kappa shape index (κ3) is 3.71. The number of hydrogen-bond acceptors (Lipinski definition) is 3. The van der Waals surface area contributed by atoms with Crippen LogP contribution in [-0.4, -0.2) is 19.2 Å². The fourth-order valence-corrected chi connectivity index (χ4v) is 2.66. The van der Waals surface area contributed by atoms with Gasteiger partial charge >= 0.3 is 0 Å². The van der Waals surface area contributed by atoms with E-state index in [0.717, 1.165) is 29.1 Å². The lowest BCUT2D eigenvalue weighted by atomic mass is 10.2. The predicted molar refractivity (Wildman–Crippen MR) is 80.8 cm³/mol. The number of rotatable bonds is 6. The maximum Gasteiger partial charge on any atom is 0.174 e. The highest BCUT2D eigenvalue weighted by Crippen LogP contribution is 2.35. The molecule has 0 aliphatic carbocycles. The molecule has 0 atom stereocenters. The zero-order valence-electron chi connectivity index (χ0n) is 11.6. The van der Waals surface area contributed by atoms with E-state index in [9.17, 15) is 0 Å². The van der Waals surface area contributed by atoms with Crippen LogP contribution in [0.15, 0.2) is 41.1 Å². The maximum atomic E-state index is 5.34. The van der Waals surface area contributed by atoms with Gasteiger partial charge in [-0.1, -0.05) is 6.07 Å². The highest BCUT2D eigenvalue weighted by molar-refractivity contribution is 9.10. The number of ether oxygens (including phenoxy) is 2. The van der Waals surface area contributed by atoms with Crippen molar-refractivity contribution in [2.45, 2.75) is 13.1 Å². The Morgan fingerprint density at radius 2 is 1.95 bits per heavy atom. The van der Waals surface area contributed by atoms with Gasteiger partial charge in [-0.3, -0.25) is 4.98 Å². The predicted octanol–water partition coefficient (Wildman–Crippen LogP) is 2.12. The Labute approximate surface area is 127 Å². The molecule has 0 fully saturated rings. The van der Waals surface area contributed by atoms with E-state index in [-0.39, 0.29) is 0 Å². The van der Waals surface area contributed by atoms with Crippen molar-refractivity contribution in [3.8, 4) is 11.5 Å². The number of hydrogen-bond donors (Lipinski definition) is 1. The first-order valence-electron chi connectivity index (χ1n) is 6.35. The molecule has 0 saturated carbocycles. The van der Waals surface area contributed by atoms with Crippen LogP contribution in [-0.2, 0) is 13.1 Å². The number of nitrogens with two attached hydrogens (primary N) is 1. The van der Waals surface area contributed by atoms with Crippen molar-refractivity contribution >= 4 is 15.9 Å². The SMILES string of the molecule is COc1cc(C[NH2+]Cc2cccnc2)cc(Br)c1OC. The van der Waals surface area contributed by atoms with Gasteiger partial charge in [0.15, 0.2) is 11.5 Å². The highest BCUT2D eigenvalue weighted by Gasteiger charge is 2.11. The van der Waals surface area contributed by atoms with Crippen LogP contribution in [0.5, 0.6) is 11.5 Å². The summed E-state index contributed by atoms with van der Waals surface area (Å²) >= 11 is 3.51. The van der Waals surface area contributed by atoms with Gasteiger partial charge in [0.2, 0.25) is 0 Å². The molecule has 0 amide bonds. The molecule has 0 spiro atoms. The van der Waals surface area contributed by atoms with Crippen LogP contribution in [0.1, 0.15) is 11.1 Å². The molecule has 1 aromatic carbocycles. The Balaban J connectivity index is 2.01. The van der Waals surface area contributed by atoms with E-state index in [1.165, 1.54) is 11.1 Å². The van der Waals surface area contributed by atoms with Gasteiger partial charge in [-0.25, -0.2) is 0 Å². The topological polar surface area (TPSA) is 48.0 Å². The molecule has 1 heterocycles. The standard InChI is InChI=1S/C15H17BrN2O2/c1-19-14-7-12(6-13(16)15(14)20-2)10-18-9-11-4-3-5-17-8-11/h3-8,18H,9-10H2,1-2H3/p+1. The molecule has 0 bridgehead atoms. The fourth-order valence-electron chi connectivity index (χ4n) is 2.01. The quantitative estimate of drug-likeness (QED) is 0.878. The summed E-state index contributed by atoms with van der Waals surface area (Å²) in [6, 6.07) is 8.09. The maximum absolute atomic E-state index is 5.34. The van der Waals surface area contributed by atoms with Crippen molar-refractivity contribution in [1.29, 1.82) is 0 Å². The normalized spacial score (nSPS) is 10.3. The molecule has 4 nitrogen and oxygen atoms in total. The van der Waals surface area contributed by atoms with Crippen molar-refractivity contribution in [1.82, 2.24) is 4.98 Å². The molecule has 1 aromatic heterocycles. The summed E-state index contributed by atoms with van der Waals surface area (Å²) in [5.74, 6) is 1.47. The molecular weight excluding hydrogens is 320 g/mol. The second kappa shape index (κ2) is 7.26. The first-order chi connectivity index (χ1) is 9.74. The average Bonchev–Trinajstić information content (AvgIpc) is 2.47. The molecule has 20 heavy (non-hydrogen) atoms. The van der Waals surface area contributed by atoms with Crippen molar-refractivity contribution in [2.75, 3.05) is 14.2 Å². The fraction of sp³-hybridized carbons (Fsp3) is 0.267. The van der Waals surface area contributed by atoms with Gasteiger partial charge in [-0.2, -0.15) is 0 Å². The molecule has 0 radical (unpaired) electrons. The van der Waals surface area contributed by atoms with Crippen molar-refractivity contribution in [3.05, 3.63) is 52.3 Å². The third-order valence-electron chi connectivity index (χ3n) is 2.98. The zero-order valence-corrected chi connectivity index (χ0v) is 13.2. The van der Waals surface area contributed by atoms with E-state index in [4.69, 9.17) is 9.47 Å². The number of pyridine rings is 1. The molecule has 0 aliphatic heterocycles. The molecule has 5 heteroatoms. The van der Waals surface area contributed by atoms with E-state index in [1.807, 2.05) is 18.3 Å². The minimum atomic E-state index is 0.725. The third-order valence-corrected chi connectivity index (χ3v) is 3.57. The van der Waals surface area contributed by atoms with Crippen LogP contribution in [0.25, 0.3) is 0 Å². The van der Waals surface area contributed by atoms with Gasteiger partial charge in [0, 0.05) is 23.5 Å². The van der Waals surface area contributed by atoms with E-state index in [1.54, 1.807) is 20.4 Å². The summed E-state index contributed by atoms with van der Waals surface area (Å²) in [5, 5.41) is 2.23. The van der Waals surface area contributed by atoms with Gasteiger partial charge in [0.05, 0.1) is 18.7 Å². The minimum Gasteiger partial charge on any atom is -0.493 e. The summed E-state index contributed by atoms with van der Waals surface area (Å²) in [7, 11) is 3.28. The Hall–Kier alpha value is -1.59. The molecular formula is C15H18BrN2O2+. The second-order valence-corrected chi connectivity index (χ2v) is 5.23. The Morgan fingerprint density at radius 3 is 2.60 bits per heavy atom. The number of benzene rings is 1. The lowest BCUT2D eigenvalue weighted by Gasteiger charge is -2.11. The van der Waals surface area contributed by atoms with Crippen LogP contribution < -0.4 is 14.8 Å². The number of halogens is 1. The monoisotopic (exact) mass is 337 g/mol. The first kappa shape index (κ1) is 14.8. The Kier molecular flexibility index (Phi) is 5.38. The van der Waals surface area contributed by atoms with Gasteiger partial charge in [0.1, 0.15) is 13.1 Å². The summed E-state index contributed by atoms with van der Waals surface area (Å²) in [6.07, 6.45) is 3.68. The van der Waals surface area contributed by atoms with Gasteiger partial charge in [-0.05, 0) is 34.1 Å². The summed E-state index contributed by atoms with van der Waals surface area (Å²) in [4.78, 5) is 4.11. The molecule has 0 unspecified atom stereocenters. The van der Waals surface area contributed by atoms with Crippen LogP contribution >= 0.6 is 15.9 Å². The first-order valence-corrected chi connectivity index (χ1v) is 7.15. The van der Waals surface area contributed by atoms with Crippen LogP contribution in [0, 0.1) is 0 Å². The summed E-state index contributed by atoms with van der Waals surface area (Å²) in [6.45, 7) is 1.77. The van der Waals surface area contributed by atoms with Crippen molar-refractivity contribution in [2.24, 2.45) is 0 Å². The number of methoxy groups -OCH3 is 2. The summed E-state index contributed by atoms with van der Waals surface area (Å²) in [5.41, 5.74) is 2.39. The Morgan fingerprint density at radius 1 is 1.15 bits per heavy atom. The van der Waals surface area contributed by atoms with Crippen LogP contribution in [0.3, 0.4) is 0 Å². The van der Waals surface area contributed by atoms with E-state index in [0.29, 0.717) is 0 Å². The lowest BCUT2D eigenvalue weighted by Crippen LogP contribution is -2.80. The van der Waals surface area contributed by atoms with Crippen LogP contribution in [0.4, 0.5) is 0 Å². The average molecular weight is 338 g/mol. The Bertz CT molecular complexity index is 561. The number of nitrogens with zero attached hydrogens (tertiary/aromatic N) is 1. The van der Waals surface area contributed by atoms with Crippen molar-refractivity contribution in [3.63, 3.8) is 0 Å².